The summed E-state index contributed by atoms with van der Waals surface area (Å²) in [4.78, 5) is 0. The van der Waals surface area contributed by atoms with Crippen LogP contribution in [0.1, 0.15) is 17.5 Å². The van der Waals surface area contributed by atoms with Gasteiger partial charge in [-0.1, -0.05) is 24.3 Å². The maximum atomic E-state index is 5.78. The number of hydrogen-bond acceptors (Lipinski definition) is 3. The topological polar surface area (TPSA) is 30.5 Å². The minimum atomic E-state index is 0.285. The highest BCUT2D eigenvalue weighted by atomic mass is 16.5. The van der Waals surface area contributed by atoms with Crippen LogP contribution in [-0.2, 0) is 22.6 Å². The molecule has 1 aliphatic heterocycles. The highest BCUT2D eigenvalue weighted by Gasteiger charge is 2.15. The van der Waals surface area contributed by atoms with Crippen LogP contribution >= 0.6 is 0 Å². The van der Waals surface area contributed by atoms with Crippen molar-refractivity contribution in [1.29, 1.82) is 0 Å². The lowest BCUT2D eigenvalue weighted by Gasteiger charge is -2.10. The molecule has 0 saturated carbocycles. The number of ether oxygens (including phenoxy) is 2. The Balaban J connectivity index is 1.85. The molecule has 1 unspecified atom stereocenters. The van der Waals surface area contributed by atoms with Crippen molar-refractivity contribution < 1.29 is 9.47 Å². The van der Waals surface area contributed by atoms with E-state index < -0.39 is 0 Å². The second-order valence-electron chi connectivity index (χ2n) is 4.15. The van der Waals surface area contributed by atoms with E-state index in [9.17, 15) is 0 Å². The summed E-state index contributed by atoms with van der Waals surface area (Å²) in [7, 11) is 1.96. The van der Waals surface area contributed by atoms with Gasteiger partial charge >= 0.3 is 0 Å². The monoisotopic (exact) mass is 221 g/mol. The van der Waals surface area contributed by atoms with Crippen LogP contribution in [0, 0.1) is 0 Å². The third-order valence-corrected chi connectivity index (χ3v) is 2.75. The molecule has 3 heteroatoms. The Labute approximate surface area is 96.8 Å². The molecule has 3 nitrogen and oxygen atoms in total. The van der Waals surface area contributed by atoms with E-state index in [4.69, 9.17) is 9.47 Å². The molecule has 0 spiro atoms. The van der Waals surface area contributed by atoms with Crippen molar-refractivity contribution in [2.45, 2.75) is 25.7 Å². The number of benzene rings is 1. The van der Waals surface area contributed by atoms with Crippen molar-refractivity contribution in [1.82, 2.24) is 5.32 Å². The van der Waals surface area contributed by atoms with Gasteiger partial charge in [-0.25, -0.2) is 0 Å². The highest BCUT2D eigenvalue weighted by Crippen LogP contribution is 2.12. The fourth-order valence-electron chi connectivity index (χ4n) is 1.89. The quantitative estimate of drug-likeness (QED) is 0.821. The van der Waals surface area contributed by atoms with Crippen LogP contribution in [0.2, 0.25) is 0 Å². The normalized spacial score (nSPS) is 20.2. The van der Waals surface area contributed by atoms with Crippen molar-refractivity contribution in [2.75, 3.05) is 20.3 Å². The predicted molar refractivity (Wildman–Crippen MR) is 63.2 cm³/mol. The summed E-state index contributed by atoms with van der Waals surface area (Å²) in [6, 6.07) is 8.50. The summed E-state index contributed by atoms with van der Waals surface area (Å²) in [6.07, 6.45) is 1.31. The van der Waals surface area contributed by atoms with E-state index in [0.717, 1.165) is 26.2 Å². The molecule has 1 aliphatic rings. The highest BCUT2D eigenvalue weighted by molar-refractivity contribution is 5.22. The van der Waals surface area contributed by atoms with Crippen LogP contribution in [0.3, 0.4) is 0 Å². The minimum absolute atomic E-state index is 0.285. The van der Waals surface area contributed by atoms with Crippen molar-refractivity contribution in [3.8, 4) is 0 Å². The summed E-state index contributed by atoms with van der Waals surface area (Å²) >= 11 is 0. The van der Waals surface area contributed by atoms with Crippen molar-refractivity contribution >= 4 is 0 Å². The van der Waals surface area contributed by atoms with Gasteiger partial charge in [0.05, 0.1) is 19.3 Å². The van der Waals surface area contributed by atoms with Gasteiger partial charge in [-0.15, -0.1) is 0 Å². The Bertz CT molecular complexity index is 321. The van der Waals surface area contributed by atoms with Crippen LogP contribution in [0.15, 0.2) is 24.3 Å². The van der Waals surface area contributed by atoms with Crippen LogP contribution < -0.4 is 5.32 Å². The molecule has 1 atom stereocenters. The lowest BCUT2D eigenvalue weighted by atomic mass is 10.1. The fourth-order valence-corrected chi connectivity index (χ4v) is 1.89. The third-order valence-electron chi connectivity index (χ3n) is 2.75. The van der Waals surface area contributed by atoms with Gasteiger partial charge in [0.25, 0.3) is 0 Å². The molecule has 1 heterocycles. The number of nitrogens with one attached hydrogen (secondary N) is 1. The van der Waals surface area contributed by atoms with Gasteiger partial charge < -0.3 is 14.8 Å². The van der Waals surface area contributed by atoms with Gasteiger partial charge in [-0.3, -0.25) is 0 Å². The second-order valence-corrected chi connectivity index (χ2v) is 4.15. The van der Waals surface area contributed by atoms with Gasteiger partial charge in [0.15, 0.2) is 0 Å². The molecule has 1 fully saturated rings. The molecule has 1 N–H and O–H groups in total. The maximum Gasteiger partial charge on any atom is 0.0834 e. The van der Waals surface area contributed by atoms with E-state index in [1.54, 1.807) is 0 Å². The van der Waals surface area contributed by atoms with E-state index in [-0.39, 0.29) is 6.10 Å². The summed E-state index contributed by atoms with van der Waals surface area (Å²) in [6.45, 7) is 3.17. The zero-order valence-corrected chi connectivity index (χ0v) is 9.74. The molecule has 88 valence electrons. The molecule has 2 rings (SSSR count). The molecule has 16 heavy (non-hydrogen) atoms. The Morgan fingerprint density at radius 2 is 2.31 bits per heavy atom. The number of hydrogen-bond donors (Lipinski definition) is 1. The second kappa shape index (κ2) is 5.99. The Kier molecular flexibility index (Phi) is 4.34. The smallest absolute Gasteiger partial charge is 0.0834 e. The SMILES string of the molecule is CNCc1cccc(COC2CCOC2)c1. The predicted octanol–water partition coefficient (Wildman–Crippen LogP) is 1.71. The first-order valence-corrected chi connectivity index (χ1v) is 5.80. The summed E-state index contributed by atoms with van der Waals surface area (Å²) in [5.41, 5.74) is 2.53. The zero-order chi connectivity index (χ0) is 11.2. The van der Waals surface area contributed by atoms with Gasteiger partial charge in [-0.05, 0) is 24.6 Å². The summed E-state index contributed by atoms with van der Waals surface area (Å²) < 4.78 is 11.0. The lowest BCUT2D eigenvalue weighted by molar-refractivity contribution is 0.0317. The molecule has 0 amide bonds. The molecular formula is C13H19NO2. The molecule has 0 aliphatic carbocycles. The summed E-state index contributed by atoms with van der Waals surface area (Å²) in [5, 5.41) is 3.15. The van der Waals surface area contributed by atoms with Crippen LogP contribution in [0.4, 0.5) is 0 Å². The van der Waals surface area contributed by atoms with Crippen molar-refractivity contribution in [3.05, 3.63) is 35.4 Å². The average molecular weight is 221 g/mol. The van der Waals surface area contributed by atoms with E-state index in [1.807, 2.05) is 7.05 Å². The number of rotatable bonds is 5. The van der Waals surface area contributed by atoms with Gasteiger partial charge in [0.2, 0.25) is 0 Å². The first-order chi connectivity index (χ1) is 7.88. The maximum absolute atomic E-state index is 5.78. The lowest BCUT2D eigenvalue weighted by Crippen LogP contribution is -2.12. The summed E-state index contributed by atoms with van der Waals surface area (Å²) in [5.74, 6) is 0. The largest absolute Gasteiger partial charge is 0.379 e. The molecule has 0 bridgehead atoms. The van der Waals surface area contributed by atoms with Crippen LogP contribution in [0.5, 0.6) is 0 Å². The Hall–Kier alpha value is -0.900. The fraction of sp³-hybridized carbons (Fsp3) is 0.538. The molecule has 0 aromatic heterocycles. The Morgan fingerprint density at radius 1 is 1.44 bits per heavy atom. The third kappa shape index (κ3) is 3.30. The zero-order valence-electron chi connectivity index (χ0n) is 9.74. The first kappa shape index (κ1) is 11.6. The molecule has 0 radical (unpaired) electrons. The van der Waals surface area contributed by atoms with Crippen molar-refractivity contribution in [3.63, 3.8) is 0 Å². The van der Waals surface area contributed by atoms with Crippen LogP contribution in [0.25, 0.3) is 0 Å². The van der Waals surface area contributed by atoms with E-state index in [2.05, 4.69) is 29.6 Å². The van der Waals surface area contributed by atoms with Crippen LogP contribution in [-0.4, -0.2) is 26.4 Å². The van der Waals surface area contributed by atoms with E-state index in [1.165, 1.54) is 11.1 Å². The van der Waals surface area contributed by atoms with E-state index >= 15 is 0 Å². The average Bonchev–Trinajstić information content (AvgIpc) is 2.80. The molecule has 1 aromatic rings. The van der Waals surface area contributed by atoms with Gasteiger partial charge in [0, 0.05) is 13.2 Å². The molecule has 1 saturated heterocycles. The first-order valence-electron chi connectivity index (χ1n) is 5.80. The Morgan fingerprint density at radius 3 is 3.06 bits per heavy atom. The molecule has 1 aromatic carbocycles. The molecular weight excluding hydrogens is 202 g/mol. The minimum Gasteiger partial charge on any atom is -0.379 e. The standard InChI is InChI=1S/C13H19NO2/c1-14-8-11-3-2-4-12(7-11)9-16-13-5-6-15-10-13/h2-4,7,13-14H,5-6,8-10H2,1H3. The van der Waals surface area contributed by atoms with Gasteiger partial charge in [-0.2, -0.15) is 0 Å². The van der Waals surface area contributed by atoms with Crippen molar-refractivity contribution in [2.24, 2.45) is 0 Å². The van der Waals surface area contributed by atoms with E-state index in [0.29, 0.717) is 6.61 Å². The van der Waals surface area contributed by atoms with Gasteiger partial charge in [0.1, 0.15) is 0 Å².